The molecule has 3 aromatic rings. The van der Waals surface area contributed by atoms with E-state index in [1.165, 1.54) is 6.07 Å². The number of aryl methyl sites for hydroxylation is 1. The Hall–Kier alpha value is -2.22. The number of benzene rings is 2. The molecule has 0 aliphatic rings. The first kappa shape index (κ1) is 11.8. The maximum Gasteiger partial charge on any atom is 0.149 e. The second-order valence-electron chi connectivity index (χ2n) is 4.53. The van der Waals surface area contributed by atoms with Crippen molar-refractivity contribution in [2.24, 2.45) is 0 Å². The van der Waals surface area contributed by atoms with E-state index in [4.69, 9.17) is 0 Å². The van der Waals surface area contributed by atoms with E-state index in [9.17, 15) is 4.39 Å². The molecule has 1 heterocycles. The fourth-order valence-electron chi connectivity index (χ4n) is 2.32. The molecule has 0 atom stereocenters. The first-order chi connectivity index (χ1) is 9.29. The Bertz CT molecular complexity index is 720. The van der Waals surface area contributed by atoms with Crippen molar-refractivity contribution < 1.29 is 4.39 Å². The Morgan fingerprint density at radius 1 is 1.00 bits per heavy atom. The molecule has 0 bridgehead atoms. The van der Waals surface area contributed by atoms with Crippen LogP contribution in [0.15, 0.2) is 54.6 Å². The minimum atomic E-state index is -0.266. The van der Waals surface area contributed by atoms with Crippen LogP contribution in [-0.2, 0) is 6.42 Å². The molecule has 2 aromatic carbocycles. The van der Waals surface area contributed by atoms with Gasteiger partial charge >= 0.3 is 0 Å². The van der Waals surface area contributed by atoms with Gasteiger partial charge in [0.2, 0.25) is 0 Å². The van der Waals surface area contributed by atoms with Crippen LogP contribution in [-0.4, -0.2) is 4.98 Å². The number of hydrogen-bond acceptors (Lipinski definition) is 1. The highest BCUT2D eigenvalue weighted by molar-refractivity contribution is 5.83. The molecule has 0 N–H and O–H groups in total. The van der Waals surface area contributed by atoms with Crippen LogP contribution in [0.4, 0.5) is 4.39 Å². The van der Waals surface area contributed by atoms with E-state index in [2.05, 4.69) is 11.9 Å². The highest BCUT2D eigenvalue weighted by Gasteiger charge is 2.10. The standard InChI is InChI=1S/C17H14FN/c1-2-12-11-14-9-6-10-15(18)17(14)19-16(12)13-7-4-3-5-8-13/h3-11H,2H2,1H3. The van der Waals surface area contributed by atoms with Gasteiger partial charge in [-0.1, -0.05) is 49.4 Å². The van der Waals surface area contributed by atoms with Crippen LogP contribution in [0, 0.1) is 5.82 Å². The van der Waals surface area contributed by atoms with Gasteiger partial charge in [-0.05, 0) is 24.1 Å². The summed E-state index contributed by atoms with van der Waals surface area (Å²) in [5, 5.41) is 0.858. The van der Waals surface area contributed by atoms with Crippen molar-refractivity contribution in [2.45, 2.75) is 13.3 Å². The highest BCUT2D eigenvalue weighted by atomic mass is 19.1. The highest BCUT2D eigenvalue weighted by Crippen LogP contribution is 2.27. The molecular weight excluding hydrogens is 237 g/mol. The molecule has 1 nitrogen and oxygen atoms in total. The smallest absolute Gasteiger partial charge is 0.149 e. The van der Waals surface area contributed by atoms with Crippen LogP contribution in [0.2, 0.25) is 0 Å². The second-order valence-corrected chi connectivity index (χ2v) is 4.53. The average molecular weight is 251 g/mol. The Kier molecular flexibility index (Phi) is 3.00. The maximum absolute atomic E-state index is 13.9. The summed E-state index contributed by atoms with van der Waals surface area (Å²) in [5.41, 5.74) is 3.49. The van der Waals surface area contributed by atoms with Gasteiger partial charge in [-0.3, -0.25) is 0 Å². The molecule has 0 aliphatic heterocycles. The van der Waals surface area contributed by atoms with E-state index in [0.29, 0.717) is 5.52 Å². The van der Waals surface area contributed by atoms with Gasteiger partial charge in [-0.25, -0.2) is 9.37 Å². The molecule has 2 heteroatoms. The van der Waals surface area contributed by atoms with Crippen molar-refractivity contribution >= 4 is 10.9 Å². The third kappa shape index (κ3) is 2.10. The summed E-state index contributed by atoms with van der Waals surface area (Å²) in [6, 6.07) is 17.0. The third-order valence-electron chi connectivity index (χ3n) is 3.30. The lowest BCUT2D eigenvalue weighted by atomic mass is 10.0. The van der Waals surface area contributed by atoms with Crippen molar-refractivity contribution in [3.05, 3.63) is 66.0 Å². The van der Waals surface area contributed by atoms with Gasteiger partial charge in [0.1, 0.15) is 11.3 Å². The molecule has 1 aromatic heterocycles. The van der Waals surface area contributed by atoms with E-state index in [1.54, 1.807) is 6.07 Å². The zero-order valence-corrected chi connectivity index (χ0v) is 10.7. The zero-order valence-electron chi connectivity index (χ0n) is 10.7. The third-order valence-corrected chi connectivity index (χ3v) is 3.30. The summed E-state index contributed by atoms with van der Waals surface area (Å²) < 4.78 is 13.9. The molecule has 0 radical (unpaired) electrons. The second kappa shape index (κ2) is 4.81. The Labute approximate surface area is 111 Å². The quantitative estimate of drug-likeness (QED) is 0.648. The minimum absolute atomic E-state index is 0.266. The number of fused-ring (bicyclic) bond motifs is 1. The van der Waals surface area contributed by atoms with Crippen LogP contribution in [0.3, 0.4) is 0 Å². The van der Waals surface area contributed by atoms with E-state index >= 15 is 0 Å². The van der Waals surface area contributed by atoms with E-state index in [1.807, 2.05) is 42.5 Å². The largest absolute Gasteiger partial charge is 0.244 e. The monoisotopic (exact) mass is 251 g/mol. The molecule has 0 fully saturated rings. The van der Waals surface area contributed by atoms with E-state index < -0.39 is 0 Å². The topological polar surface area (TPSA) is 12.9 Å². The fraction of sp³-hybridized carbons (Fsp3) is 0.118. The zero-order chi connectivity index (χ0) is 13.2. The van der Waals surface area contributed by atoms with Crippen molar-refractivity contribution in [1.82, 2.24) is 4.98 Å². The lowest BCUT2D eigenvalue weighted by Crippen LogP contribution is -1.95. The summed E-state index contributed by atoms with van der Waals surface area (Å²) in [7, 11) is 0. The number of nitrogens with zero attached hydrogens (tertiary/aromatic N) is 1. The predicted octanol–water partition coefficient (Wildman–Crippen LogP) is 4.60. The summed E-state index contributed by atoms with van der Waals surface area (Å²) in [6.07, 6.45) is 0.879. The van der Waals surface area contributed by atoms with Crippen LogP contribution in [0.25, 0.3) is 22.2 Å². The van der Waals surface area contributed by atoms with Crippen LogP contribution >= 0.6 is 0 Å². The molecular formula is C17H14FN. The molecule has 94 valence electrons. The maximum atomic E-state index is 13.9. The molecule has 19 heavy (non-hydrogen) atoms. The molecule has 3 rings (SSSR count). The molecule has 0 aliphatic carbocycles. The Balaban J connectivity index is 2.32. The van der Waals surface area contributed by atoms with Gasteiger partial charge in [-0.2, -0.15) is 0 Å². The molecule has 0 amide bonds. The van der Waals surface area contributed by atoms with Crippen molar-refractivity contribution in [2.75, 3.05) is 0 Å². The van der Waals surface area contributed by atoms with E-state index in [0.717, 1.165) is 28.6 Å². The Morgan fingerprint density at radius 3 is 2.53 bits per heavy atom. The molecule has 0 unspecified atom stereocenters. The number of halogens is 1. The van der Waals surface area contributed by atoms with Gasteiger partial charge < -0.3 is 0 Å². The number of hydrogen-bond donors (Lipinski definition) is 0. The molecule has 0 saturated carbocycles. The van der Waals surface area contributed by atoms with Gasteiger partial charge in [0.05, 0.1) is 5.69 Å². The summed E-state index contributed by atoms with van der Waals surface area (Å²) >= 11 is 0. The summed E-state index contributed by atoms with van der Waals surface area (Å²) in [5.74, 6) is -0.266. The minimum Gasteiger partial charge on any atom is -0.244 e. The van der Waals surface area contributed by atoms with Gasteiger partial charge in [0.25, 0.3) is 0 Å². The van der Waals surface area contributed by atoms with Crippen LogP contribution in [0.1, 0.15) is 12.5 Å². The van der Waals surface area contributed by atoms with Gasteiger partial charge in [-0.15, -0.1) is 0 Å². The predicted molar refractivity (Wildman–Crippen MR) is 76.5 cm³/mol. The summed E-state index contributed by atoms with van der Waals surface area (Å²) in [4.78, 5) is 4.54. The lowest BCUT2D eigenvalue weighted by Gasteiger charge is -2.09. The van der Waals surface area contributed by atoms with Crippen molar-refractivity contribution in [3.63, 3.8) is 0 Å². The molecule has 0 saturated heterocycles. The van der Waals surface area contributed by atoms with Gasteiger partial charge in [0.15, 0.2) is 0 Å². The number of para-hydroxylation sites is 1. The van der Waals surface area contributed by atoms with Crippen LogP contribution in [0.5, 0.6) is 0 Å². The molecule has 0 spiro atoms. The van der Waals surface area contributed by atoms with E-state index in [-0.39, 0.29) is 5.82 Å². The summed E-state index contributed by atoms with van der Waals surface area (Å²) in [6.45, 7) is 2.09. The SMILES string of the molecule is CCc1cc2cccc(F)c2nc1-c1ccccc1. The Morgan fingerprint density at radius 2 is 1.79 bits per heavy atom. The fourth-order valence-corrected chi connectivity index (χ4v) is 2.32. The average Bonchev–Trinajstić information content (AvgIpc) is 2.47. The van der Waals surface area contributed by atoms with Gasteiger partial charge in [0, 0.05) is 10.9 Å². The number of pyridine rings is 1. The number of aromatic nitrogens is 1. The first-order valence-electron chi connectivity index (χ1n) is 6.43. The van der Waals surface area contributed by atoms with Crippen LogP contribution < -0.4 is 0 Å². The number of rotatable bonds is 2. The lowest BCUT2D eigenvalue weighted by molar-refractivity contribution is 0.637. The van der Waals surface area contributed by atoms with Crippen molar-refractivity contribution in [1.29, 1.82) is 0 Å². The normalized spacial score (nSPS) is 10.8. The van der Waals surface area contributed by atoms with Crippen molar-refractivity contribution in [3.8, 4) is 11.3 Å². The first-order valence-corrected chi connectivity index (χ1v) is 6.43.